The van der Waals surface area contributed by atoms with Crippen LogP contribution in [0.3, 0.4) is 0 Å². The molecule has 1 unspecified atom stereocenters. The lowest BCUT2D eigenvalue weighted by atomic mass is 9.99. The van der Waals surface area contributed by atoms with Gasteiger partial charge in [0, 0.05) is 6.54 Å². The number of hydrogen-bond donors (Lipinski definition) is 1. The first-order chi connectivity index (χ1) is 7.07. The normalized spacial score (nSPS) is 21.8. The summed E-state index contributed by atoms with van der Waals surface area (Å²) in [6.45, 7) is 8.22. The van der Waals surface area contributed by atoms with Crippen molar-refractivity contribution in [2.24, 2.45) is 5.92 Å². The summed E-state index contributed by atoms with van der Waals surface area (Å²) in [5.41, 5.74) is 0. The predicted octanol–water partition coefficient (Wildman–Crippen LogP) is 0.545. The maximum absolute atomic E-state index is 11.6. The van der Waals surface area contributed by atoms with Gasteiger partial charge in [0.2, 0.25) is 11.8 Å². The molecular formula is C11H18N2O2. The van der Waals surface area contributed by atoms with E-state index < -0.39 is 0 Å². The highest BCUT2D eigenvalue weighted by Gasteiger charge is 2.35. The zero-order valence-corrected chi connectivity index (χ0v) is 9.32. The molecule has 0 saturated carbocycles. The van der Waals surface area contributed by atoms with E-state index in [-0.39, 0.29) is 30.3 Å². The van der Waals surface area contributed by atoms with Crippen molar-refractivity contribution in [2.75, 3.05) is 13.1 Å². The van der Waals surface area contributed by atoms with Crippen LogP contribution in [-0.2, 0) is 9.59 Å². The third kappa shape index (κ3) is 2.58. The fourth-order valence-electron chi connectivity index (χ4n) is 1.82. The van der Waals surface area contributed by atoms with E-state index in [0.717, 1.165) is 6.42 Å². The van der Waals surface area contributed by atoms with Crippen LogP contribution in [0.5, 0.6) is 0 Å². The van der Waals surface area contributed by atoms with Gasteiger partial charge in [-0.1, -0.05) is 19.9 Å². The molecule has 4 nitrogen and oxygen atoms in total. The van der Waals surface area contributed by atoms with Crippen molar-refractivity contribution in [2.45, 2.75) is 26.3 Å². The number of piperazine rings is 1. The van der Waals surface area contributed by atoms with Crippen molar-refractivity contribution >= 4 is 11.8 Å². The molecule has 84 valence electrons. The standard InChI is InChI=1S/C11H18N2O2/c1-4-5-6-13-9(14)7-12-11(15)10(13)8(2)3/h4,8,10H,1,5-7H2,2-3H3,(H,12,15). The number of carbonyl (C=O) groups is 2. The van der Waals surface area contributed by atoms with E-state index in [2.05, 4.69) is 11.9 Å². The molecule has 1 atom stereocenters. The van der Waals surface area contributed by atoms with Gasteiger partial charge in [0.15, 0.2) is 0 Å². The average molecular weight is 210 g/mol. The molecule has 2 amide bonds. The van der Waals surface area contributed by atoms with Crippen molar-refractivity contribution < 1.29 is 9.59 Å². The Kier molecular flexibility index (Phi) is 3.88. The lowest BCUT2D eigenvalue weighted by molar-refractivity contribution is -0.147. The summed E-state index contributed by atoms with van der Waals surface area (Å²) in [5, 5.41) is 2.61. The number of rotatable bonds is 4. The second-order valence-electron chi connectivity index (χ2n) is 4.07. The Hall–Kier alpha value is -1.32. The molecule has 1 saturated heterocycles. The van der Waals surface area contributed by atoms with Crippen LogP contribution in [0.2, 0.25) is 0 Å². The van der Waals surface area contributed by atoms with Crippen LogP contribution < -0.4 is 5.32 Å². The van der Waals surface area contributed by atoms with Crippen LogP contribution in [0.4, 0.5) is 0 Å². The first-order valence-corrected chi connectivity index (χ1v) is 5.26. The second kappa shape index (κ2) is 4.96. The topological polar surface area (TPSA) is 49.4 Å². The number of carbonyl (C=O) groups excluding carboxylic acids is 2. The monoisotopic (exact) mass is 210 g/mol. The molecule has 0 aliphatic carbocycles. The summed E-state index contributed by atoms with van der Waals surface area (Å²) >= 11 is 0. The van der Waals surface area contributed by atoms with Crippen LogP contribution in [0, 0.1) is 5.92 Å². The maximum Gasteiger partial charge on any atom is 0.243 e. The van der Waals surface area contributed by atoms with Gasteiger partial charge in [-0.25, -0.2) is 0 Å². The third-order valence-electron chi connectivity index (χ3n) is 2.54. The van der Waals surface area contributed by atoms with Crippen LogP contribution in [0.25, 0.3) is 0 Å². The van der Waals surface area contributed by atoms with E-state index in [9.17, 15) is 9.59 Å². The minimum Gasteiger partial charge on any atom is -0.345 e. The third-order valence-corrected chi connectivity index (χ3v) is 2.54. The van der Waals surface area contributed by atoms with E-state index >= 15 is 0 Å². The molecule has 1 rings (SSSR count). The summed E-state index contributed by atoms with van der Waals surface area (Å²) in [6, 6.07) is -0.328. The van der Waals surface area contributed by atoms with Crippen molar-refractivity contribution in [1.82, 2.24) is 10.2 Å². The number of amides is 2. The highest BCUT2D eigenvalue weighted by Crippen LogP contribution is 2.15. The Morgan fingerprint density at radius 2 is 2.27 bits per heavy atom. The second-order valence-corrected chi connectivity index (χ2v) is 4.07. The number of nitrogens with zero attached hydrogens (tertiary/aromatic N) is 1. The lowest BCUT2D eigenvalue weighted by Crippen LogP contribution is -2.60. The Bertz CT molecular complexity index is 274. The first-order valence-electron chi connectivity index (χ1n) is 5.26. The number of hydrogen-bond acceptors (Lipinski definition) is 2. The van der Waals surface area contributed by atoms with Crippen LogP contribution in [0.1, 0.15) is 20.3 Å². The molecule has 0 aromatic carbocycles. The van der Waals surface area contributed by atoms with Gasteiger partial charge >= 0.3 is 0 Å². The van der Waals surface area contributed by atoms with Crippen molar-refractivity contribution in [3.05, 3.63) is 12.7 Å². The summed E-state index contributed by atoms with van der Waals surface area (Å²) in [4.78, 5) is 24.9. The zero-order chi connectivity index (χ0) is 11.4. The molecule has 0 radical (unpaired) electrons. The SMILES string of the molecule is C=CCCN1C(=O)CNC(=O)C1C(C)C. The Labute approximate surface area is 90.3 Å². The molecule has 0 aromatic heterocycles. The molecule has 1 heterocycles. The zero-order valence-electron chi connectivity index (χ0n) is 9.32. The smallest absolute Gasteiger partial charge is 0.243 e. The summed E-state index contributed by atoms with van der Waals surface area (Å²) in [7, 11) is 0. The molecule has 0 spiro atoms. The Morgan fingerprint density at radius 1 is 1.60 bits per heavy atom. The summed E-state index contributed by atoms with van der Waals surface area (Å²) < 4.78 is 0. The Balaban J connectivity index is 2.78. The van der Waals surface area contributed by atoms with Gasteiger partial charge in [-0.05, 0) is 12.3 Å². The molecule has 0 aromatic rings. The molecule has 0 bridgehead atoms. The van der Waals surface area contributed by atoms with E-state index in [0.29, 0.717) is 6.54 Å². The van der Waals surface area contributed by atoms with Crippen LogP contribution in [0.15, 0.2) is 12.7 Å². The Morgan fingerprint density at radius 3 is 2.80 bits per heavy atom. The molecule has 1 aliphatic heterocycles. The number of nitrogens with one attached hydrogen (secondary N) is 1. The van der Waals surface area contributed by atoms with Gasteiger partial charge in [-0.15, -0.1) is 6.58 Å². The van der Waals surface area contributed by atoms with Crippen molar-refractivity contribution in [1.29, 1.82) is 0 Å². The molecular weight excluding hydrogens is 192 g/mol. The van der Waals surface area contributed by atoms with Crippen LogP contribution in [-0.4, -0.2) is 35.8 Å². The largest absolute Gasteiger partial charge is 0.345 e. The minimum absolute atomic E-state index is 0.00449. The predicted molar refractivity (Wildman–Crippen MR) is 58.2 cm³/mol. The first kappa shape index (κ1) is 11.8. The van der Waals surface area contributed by atoms with Gasteiger partial charge in [0.25, 0.3) is 0 Å². The molecule has 1 aliphatic rings. The molecule has 4 heteroatoms. The quantitative estimate of drug-likeness (QED) is 0.689. The van der Waals surface area contributed by atoms with Gasteiger partial charge in [-0.3, -0.25) is 9.59 Å². The fraction of sp³-hybridized carbons (Fsp3) is 0.636. The van der Waals surface area contributed by atoms with Gasteiger partial charge in [0.05, 0.1) is 6.54 Å². The van der Waals surface area contributed by atoms with E-state index in [1.54, 1.807) is 11.0 Å². The molecule has 1 N–H and O–H groups in total. The fourth-order valence-corrected chi connectivity index (χ4v) is 1.82. The van der Waals surface area contributed by atoms with Gasteiger partial charge in [-0.2, -0.15) is 0 Å². The van der Waals surface area contributed by atoms with Gasteiger partial charge in [0.1, 0.15) is 6.04 Å². The van der Waals surface area contributed by atoms with Crippen molar-refractivity contribution in [3.8, 4) is 0 Å². The maximum atomic E-state index is 11.6. The van der Waals surface area contributed by atoms with Crippen molar-refractivity contribution in [3.63, 3.8) is 0 Å². The van der Waals surface area contributed by atoms with Gasteiger partial charge < -0.3 is 10.2 Å². The highest BCUT2D eigenvalue weighted by molar-refractivity contribution is 5.94. The molecule has 15 heavy (non-hydrogen) atoms. The van der Waals surface area contributed by atoms with Crippen LogP contribution >= 0.6 is 0 Å². The van der Waals surface area contributed by atoms with E-state index in [4.69, 9.17) is 0 Å². The average Bonchev–Trinajstić information content (AvgIpc) is 2.18. The van der Waals surface area contributed by atoms with E-state index in [1.807, 2.05) is 13.8 Å². The summed E-state index contributed by atoms with van der Waals surface area (Å²) in [5.74, 6) is 0.0860. The summed E-state index contributed by atoms with van der Waals surface area (Å²) in [6.07, 6.45) is 2.49. The minimum atomic E-state index is -0.328. The highest BCUT2D eigenvalue weighted by atomic mass is 16.2. The van der Waals surface area contributed by atoms with E-state index in [1.165, 1.54) is 0 Å². The lowest BCUT2D eigenvalue weighted by Gasteiger charge is -2.37. The molecule has 1 fully saturated rings.